The minimum Gasteiger partial charge on any atom is -0.332 e. The van der Waals surface area contributed by atoms with Crippen molar-refractivity contribution in [1.29, 1.82) is 0 Å². The summed E-state index contributed by atoms with van der Waals surface area (Å²) in [5.74, 6) is 0. The highest BCUT2D eigenvalue weighted by Gasteiger charge is 2.33. The van der Waals surface area contributed by atoms with E-state index in [4.69, 9.17) is 5.73 Å². The average molecular weight is 283 g/mol. The zero-order valence-corrected chi connectivity index (χ0v) is 12.8. The highest BCUT2D eigenvalue weighted by Crippen LogP contribution is 2.42. The van der Waals surface area contributed by atoms with Crippen molar-refractivity contribution in [2.45, 2.75) is 51.6 Å². The van der Waals surface area contributed by atoms with Crippen molar-refractivity contribution in [3.8, 4) is 0 Å². The third kappa shape index (κ3) is 2.88. The molecule has 1 atom stereocenters. The molecule has 2 N–H and O–H groups in total. The first-order chi connectivity index (χ1) is 10.2. The molecule has 3 nitrogen and oxygen atoms in total. The predicted molar refractivity (Wildman–Crippen MR) is 85.9 cm³/mol. The van der Waals surface area contributed by atoms with Crippen molar-refractivity contribution in [2.24, 2.45) is 11.1 Å². The molecule has 1 unspecified atom stereocenters. The Labute approximate surface area is 127 Å². The lowest BCUT2D eigenvalue weighted by Crippen LogP contribution is -2.25. The van der Waals surface area contributed by atoms with E-state index in [0.29, 0.717) is 5.41 Å². The zero-order valence-electron chi connectivity index (χ0n) is 12.8. The van der Waals surface area contributed by atoms with E-state index in [1.807, 2.05) is 30.7 Å². The summed E-state index contributed by atoms with van der Waals surface area (Å²) in [5, 5.41) is 0. The van der Waals surface area contributed by atoms with E-state index in [1.165, 1.54) is 32.1 Å². The quantitative estimate of drug-likeness (QED) is 0.904. The molecule has 112 valence electrons. The molecule has 3 heteroatoms. The molecule has 1 aromatic carbocycles. The van der Waals surface area contributed by atoms with E-state index >= 15 is 0 Å². The first-order valence-corrected chi connectivity index (χ1v) is 8.05. The summed E-state index contributed by atoms with van der Waals surface area (Å²) in [7, 11) is 0. The molecule has 0 amide bonds. The molecule has 21 heavy (non-hydrogen) atoms. The minimum atomic E-state index is -0.0935. The van der Waals surface area contributed by atoms with Crippen molar-refractivity contribution < 1.29 is 0 Å². The van der Waals surface area contributed by atoms with Crippen LogP contribution in [0, 0.1) is 5.41 Å². The Morgan fingerprint density at radius 3 is 2.62 bits per heavy atom. The third-order valence-corrected chi connectivity index (χ3v) is 5.14. The lowest BCUT2D eigenvalue weighted by atomic mass is 9.83. The normalized spacial score (nSPS) is 18.8. The van der Waals surface area contributed by atoms with E-state index in [2.05, 4.69) is 28.6 Å². The molecule has 1 aliphatic carbocycles. The number of benzene rings is 1. The number of aromatic nitrogens is 2. The molecule has 1 aromatic heterocycles. The monoisotopic (exact) mass is 283 g/mol. The van der Waals surface area contributed by atoms with Gasteiger partial charge < -0.3 is 10.3 Å². The van der Waals surface area contributed by atoms with E-state index in [9.17, 15) is 0 Å². The molecule has 0 saturated heterocycles. The summed E-state index contributed by atoms with van der Waals surface area (Å²) in [6, 6.07) is 10.2. The number of nitrogens with zero attached hydrogens (tertiary/aromatic N) is 2. The van der Waals surface area contributed by atoms with Gasteiger partial charge in [-0.3, -0.25) is 0 Å². The smallest absolute Gasteiger partial charge is 0.0948 e. The van der Waals surface area contributed by atoms with Crippen molar-refractivity contribution >= 4 is 0 Å². The topological polar surface area (TPSA) is 43.8 Å². The predicted octanol–water partition coefficient (Wildman–Crippen LogP) is 3.90. The number of rotatable bonds is 5. The molecule has 3 rings (SSSR count). The second-order valence-electron chi connectivity index (χ2n) is 6.40. The van der Waals surface area contributed by atoms with Gasteiger partial charge in [-0.25, -0.2) is 4.98 Å². The van der Waals surface area contributed by atoms with Gasteiger partial charge in [-0.15, -0.1) is 0 Å². The van der Waals surface area contributed by atoms with Crippen LogP contribution in [0.3, 0.4) is 0 Å². The molecule has 0 spiro atoms. The molecule has 1 saturated carbocycles. The molecule has 0 bridgehead atoms. The summed E-state index contributed by atoms with van der Waals surface area (Å²) in [6.07, 6.45) is 10.5. The highest BCUT2D eigenvalue weighted by molar-refractivity contribution is 5.26. The second-order valence-corrected chi connectivity index (χ2v) is 6.40. The number of imidazole rings is 1. The first-order valence-electron chi connectivity index (χ1n) is 8.05. The van der Waals surface area contributed by atoms with Crippen LogP contribution >= 0.6 is 0 Å². The molecule has 2 aromatic rings. The van der Waals surface area contributed by atoms with Gasteiger partial charge in [0.15, 0.2) is 0 Å². The van der Waals surface area contributed by atoms with Gasteiger partial charge in [0.25, 0.3) is 0 Å². The van der Waals surface area contributed by atoms with Crippen molar-refractivity contribution in [3.05, 3.63) is 54.1 Å². The van der Waals surface area contributed by atoms with Crippen molar-refractivity contribution in [2.75, 3.05) is 0 Å². The molecular weight excluding hydrogens is 258 g/mol. The van der Waals surface area contributed by atoms with Crippen LogP contribution in [0.2, 0.25) is 0 Å². The maximum Gasteiger partial charge on any atom is 0.0948 e. The van der Waals surface area contributed by atoms with Crippen LogP contribution in [0.5, 0.6) is 0 Å². The number of hydrogen-bond donors (Lipinski definition) is 1. The lowest BCUT2D eigenvalue weighted by molar-refractivity contribution is 0.234. The standard InChI is InChI=1S/C18H25N3/c1-2-18(10-6-7-11-18)13-21-14-20-12-16(21)17(19)15-8-4-3-5-9-15/h3-5,8-9,12,14,17H,2,6-7,10-11,13,19H2,1H3. The summed E-state index contributed by atoms with van der Waals surface area (Å²) in [5.41, 5.74) is 9.18. The Kier molecular flexibility index (Phi) is 4.11. The van der Waals surface area contributed by atoms with Gasteiger partial charge in [-0.05, 0) is 30.2 Å². The Morgan fingerprint density at radius 1 is 1.24 bits per heavy atom. The largest absolute Gasteiger partial charge is 0.332 e. The van der Waals surface area contributed by atoms with Crippen LogP contribution in [-0.4, -0.2) is 9.55 Å². The van der Waals surface area contributed by atoms with Gasteiger partial charge in [0.2, 0.25) is 0 Å². The zero-order chi connectivity index (χ0) is 14.7. The van der Waals surface area contributed by atoms with Gasteiger partial charge in [0, 0.05) is 6.54 Å². The second kappa shape index (κ2) is 6.02. The fourth-order valence-corrected chi connectivity index (χ4v) is 3.66. The summed E-state index contributed by atoms with van der Waals surface area (Å²) >= 11 is 0. The molecular formula is C18H25N3. The Morgan fingerprint density at radius 2 is 1.95 bits per heavy atom. The van der Waals surface area contributed by atoms with Crippen molar-refractivity contribution in [3.63, 3.8) is 0 Å². The fourth-order valence-electron chi connectivity index (χ4n) is 3.66. The van der Waals surface area contributed by atoms with E-state index in [0.717, 1.165) is 17.8 Å². The fraction of sp³-hybridized carbons (Fsp3) is 0.500. The van der Waals surface area contributed by atoms with Crippen LogP contribution in [-0.2, 0) is 6.54 Å². The average Bonchev–Trinajstić information content (AvgIpc) is 3.18. The number of nitrogens with two attached hydrogens (primary N) is 1. The van der Waals surface area contributed by atoms with Crippen LogP contribution in [0.1, 0.15) is 56.3 Å². The Balaban J connectivity index is 1.84. The maximum absolute atomic E-state index is 6.46. The van der Waals surface area contributed by atoms with Gasteiger partial charge in [0.1, 0.15) is 0 Å². The van der Waals surface area contributed by atoms with Crippen LogP contribution < -0.4 is 5.73 Å². The van der Waals surface area contributed by atoms with Gasteiger partial charge in [-0.1, -0.05) is 50.1 Å². The van der Waals surface area contributed by atoms with Crippen LogP contribution in [0.15, 0.2) is 42.9 Å². The lowest BCUT2D eigenvalue weighted by Gasteiger charge is -2.29. The van der Waals surface area contributed by atoms with Crippen LogP contribution in [0.25, 0.3) is 0 Å². The van der Waals surface area contributed by atoms with Gasteiger partial charge in [0.05, 0.1) is 24.3 Å². The molecule has 0 radical (unpaired) electrons. The third-order valence-electron chi connectivity index (χ3n) is 5.14. The van der Waals surface area contributed by atoms with Gasteiger partial charge in [-0.2, -0.15) is 0 Å². The first kappa shape index (κ1) is 14.3. The Hall–Kier alpha value is -1.61. The minimum absolute atomic E-state index is 0.0935. The summed E-state index contributed by atoms with van der Waals surface area (Å²) < 4.78 is 2.28. The van der Waals surface area contributed by atoms with Gasteiger partial charge >= 0.3 is 0 Å². The Bertz CT molecular complexity index is 567. The molecule has 1 heterocycles. The van der Waals surface area contributed by atoms with E-state index in [1.54, 1.807) is 0 Å². The summed E-state index contributed by atoms with van der Waals surface area (Å²) in [6.45, 7) is 3.37. The SMILES string of the molecule is CCC1(Cn2cncc2C(N)c2ccccc2)CCCC1. The molecule has 1 fully saturated rings. The van der Waals surface area contributed by atoms with Crippen molar-refractivity contribution in [1.82, 2.24) is 9.55 Å². The molecule has 0 aliphatic heterocycles. The van der Waals surface area contributed by atoms with E-state index in [-0.39, 0.29) is 6.04 Å². The highest BCUT2D eigenvalue weighted by atomic mass is 15.1. The van der Waals surface area contributed by atoms with Crippen LogP contribution in [0.4, 0.5) is 0 Å². The number of hydrogen-bond acceptors (Lipinski definition) is 2. The summed E-state index contributed by atoms with van der Waals surface area (Å²) in [4.78, 5) is 4.36. The maximum atomic E-state index is 6.46. The van der Waals surface area contributed by atoms with E-state index < -0.39 is 0 Å². The molecule has 1 aliphatic rings.